The predicted molar refractivity (Wildman–Crippen MR) is 77.1 cm³/mol. The molecule has 0 unspecified atom stereocenters. The van der Waals surface area contributed by atoms with Crippen molar-refractivity contribution in [2.24, 2.45) is 0 Å². The Morgan fingerprint density at radius 1 is 1.33 bits per heavy atom. The van der Waals surface area contributed by atoms with Crippen LogP contribution in [0, 0.1) is 0 Å². The predicted octanol–water partition coefficient (Wildman–Crippen LogP) is 3.79. The molecule has 0 saturated carbocycles. The fraction of sp³-hybridized carbons (Fsp3) is 0.571. The van der Waals surface area contributed by atoms with Crippen molar-refractivity contribution in [2.45, 2.75) is 25.1 Å². The van der Waals surface area contributed by atoms with Gasteiger partial charge in [-0.2, -0.15) is 13.2 Å². The largest absolute Gasteiger partial charge is 0.495 e. The summed E-state index contributed by atoms with van der Waals surface area (Å²) in [5.41, 5.74) is 0.866. The van der Waals surface area contributed by atoms with Crippen molar-refractivity contribution in [3.63, 3.8) is 0 Å². The zero-order chi connectivity index (χ0) is 15.5. The van der Waals surface area contributed by atoms with E-state index in [1.54, 1.807) is 19.2 Å². The van der Waals surface area contributed by atoms with Crippen LogP contribution in [0.25, 0.3) is 0 Å². The topological polar surface area (TPSA) is 24.5 Å². The van der Waals surface area contributed by atoms with Gasteiger partial charge in [-0.1, -0.05) is 11.6 Å². The number of benzene rings is 1. The van der Waals surface area contributed by atoms with E-state index in [2.05, 4.69) is 5.32 Å². The highest BCUT2D eigenvalue weighted by atomic mass is 35.5. The van der Waals surface area contributed by atoms with Crippen molar-refractivity contribution in [1.29, 1.82) is 0 Å². The molecular weight excluding hydrogens is 305 g/mol. The standard InChI is InChI=1S/C14H18ClF3N2O/c1-21-13-8-11(2-3-12(13)15)19-10-4-6-20(7-5-10)9-14(16,17)18/h2-3,8,10,19H,4-7,9H2,1H3. The lowest BCUT2D eigenvalue weighted by Crippen LogP contribution is -2.43. The molecule has 0 amide bonds. The molecular formula is C14H18ClF3N2O. The highest BCUT2D eigenvalue weighted by Crippen LogP contribution is 2.28. The Balaban J connectivity index is 1.86. The number of methoxy groups -OCH3 is 1. The van der Waals surface area contributed by atoms with Crippen molar-refractivity contribution >= 4 is 17.3 Å². The summed E-state index contributed by atoms with van der Waals surface area (Å²) in [7, 11) is 1.54. The molecule has 1 fully saturated rings. The van der Waals surface area contributed by atoms with Gasteiger partial charge in [0.15, 0.2) is 0 Å². The Morgan fingerprint density at radius 2 is 2.00 bits per heavy atom. The molecule has 2 rings (SSSR count). The van der Waals surface area contributed by atoms with Crippen molar-refractivity contribution in [3.05, 3.63) is 23.2 Å². The number of ether oxygens (including phenoxy) is 1. The fourth-order valence-electron chi connectivity index (χ4n) is 2.47. The van der Waals surface area contributed by atoms with Gasteiger partial charge in [0, 0.05) is 30.9 Å². The molecule has 1 heterocycles. The van der Waals surface area contributed by atoms with Crippen molar-refractivity contribution in [3.8, 4) is 5.75 Å². The first-order valence-corrected chi connectivity index (χ1v) is 7.14. The lowest BCUT2D eigenvalue weighted by atomic mass is 10.0. The van der Waals surface area contributed by atoms with Crippen molar-refractivity contribution < 1.29 is 17.9 Å². The van der Waals surface area contributed by atoms with Gasteiger partial charge >= 0.3 is 6.18 Å². The number of anilines is 1. The number of nitrogens with zero attached hydrogens (tertiary/aromatic N) is 1. The highest BCUT2D eigenvalue weighted by Gasteiger charge is 2.32. The number of hydrogen-bond donors (Lipinski definition) is 1. The van der Waals surface area contributed by atoms with Gasteiger partial charge in [0.2, 0.25) is 0 Å². The van der Waals surface area contributed by atoms with Crippen LogP contribution in [0.1, 0.15) is 12.8 Å². The summed E-state index contributed by atoms with van der Waals surface area (Å²) in [4.78, 5) is 1.45. The van der Waals surface area contributed by atoms with E-state index < -0.39 is 12.7 Å². The zero-order valence-corrected chi connectivity index (χ0v) is 12.5. The number of hydrogen-bond acceptors (Lipinski definition) is 3. The van der Waals surface area contributed by atoms with E-state index in [0.29, 0.717) is 36.7 Å². The summed E-state index contributed by atoms with van der Waals surface area (Å²) < 4.78 is 42.1. The third-order valence-electron chi connectivity index (χ3n) is 3.51. The molecule has 1 aromatic carbocycles. The molecule has 0 radical (unpaired) electrons. The van der Waals surface area contributed by atoms with Gasteiger partial charge in [-0.05, 0) is 25.0 Å². The van der Waals surface area contributed by atoms with Crippen molar-refractivity contribution in [2.75, 3.05) is 32.1 Å². The SMILES string of the molecule is COc1cc(NC2CCN(CC(F)(F)F)CC2)ccc1Cl. The second kappa shape index (κ2) is 6.75. The first-order chi connectivity index (χ1) is 9.87. The van der Waals surface area contributed by atoms with E-state index >= 15 is 0 Å². The van der Waals surface area contributed by atoms with Gasteiger partial charge in [0.25, 0.3) is 0 Å². The molecule has 0 spiro atoms. The van der Waals surface area contributed by atoms with E-state index in [4.69, 9.17) is 16.3 Å². The minimum absolute atomic E-state index is 0.167. The van der Waals surface area contributed by atoms with Crippen molar-refractivity contribution in [1.82, 2.24) is 4.90 Å². The monoisotopic (exact) mass is 322 g/mol. The van der Waals surface area contributed by atoms with E-state index in [-0.39, 0.29) is 6.04 Å². The number of rotatable bonds is 4. The molecule has 0 aromatic heterocycles. The normalized spacial score (nSPS) is 17.8. The number of alkyl halides is 3. The van der Waals surface area contributed by atoms with Gasteiger partial charge in [0.1, 0.15) is 5.75 Å². The van der Waals surface area contributed by atoms with Crippen LogP contribution in [0.3, 0.4) is 0 Å². The van der Waals surface area contributed by atoms with Crippen LogP contribution in [0.2, 0.25) is 5.02 Å². The summed E-state index contributed by atoms with van der Waals surface area (Å²) in [5.74, 6) is 0.580. The van der Waals surface area contributed by atoms with Crippen LogP contribution in [0.15, 0.2) is 18.2 Å². The van der Waals surface area contributed by atoms with Crippen LogP contribution in [0.4, 0.5) is 18.9 Å². The van der Waals surface area contributed by atoms with Crippen LogP contribution >= 0.6 is 11.6 Å². The molecule has 0 bridgehead atoms. The quantitative estimate of drug-likeness (QED) is 0.913. The van der Waals surface area contributed by atoms with E-state index in [9.17, 15) is 13.2 Å². The van der Waals surface area contributed by atoms with E-state index in [1.807, 2.05) is 6.07 Å². The van der Waals surface area contributed by atoms with Gasteiger partial charge in [-0.3, -0.25) is 4.90 Å². The number of nitrogens with one attached hydrogen (secondary N) is 1. The maximum Gasteiger partial charge on any atom is 0.401 e. The lowest BCUT2D eigenvalue weighted by Gasteiger charge is -2.33. The molecule has 1 aromatic rings. The van der Waals surface area contributed by atoms with E-state index in [0.717, 1.165) is 5.69 Å². The van der Waals surface area contributed by atoms with Gasteiger partial charge in [-0.25, -0.2) is 0 Å². The molecule has 1 aliphatic rings. The van der Waals surface area contributed by atoms with Crippen LogP contribution in [-0.2, 0) is 0 Å². The molecule has 7 heteroatoms. The Labute approximate surface area is 127 Å². The molecule has 0 atom stereocenters. The maximum atomic E-state index is 12.3. The summed E-state index contributed by atoms with van der Waals surface area (Å²) in [6.45, 7) is 0.0677. The fourth-order valence-corrected chi connectivity index (χ4v) is 2.67. The summed E-state index contributed by atoms with van der Waals surface area (Å²) in [6, 6.07) is 5.54. The third-order valence-corrected chi connectivity index (χ3v) is 3.82. The minimum atomic E-state index is -4.12. The molecule has 1 aliphatic heterocycles. The molecule has 0 aliphatic carbocycles. The second-order valence-corrected chi connectivity index (χ2v) is 5.57. The Bertz CT molecular complexity index is 474. The average molecular weight is 323 g/mol. The Kier molecular flexibility index (Phi) is 5.22. The van der Waals surface area contributed by atoms with Gasteiger partial charge in [0.05, 0.1) is 18.7 Å². The van der Waals surface area contributed by atoms with Gasteiger partial charge in [-0.15, -0.1) is 0 Å². The minimum Gasteiger partial charge on any atom is -0.495 e. The lowest BCUT2D eigenvalue weighted by molar-refractivity contribution is -0.147. The molecule has 3 nitrogen and oxygen atoms in total. The molecule has 1 saturated heterocycles. The highest BCUT2D eigenvalue weighted by molar-refractivity contribution is 6.32. The molecule has 21 heavy (non-hydrogen) atoms. The van der Waals surface area contributed by atoms with Crippen LogP contribution in [0.5, 0.6) is 5.75 Å². The number of piperidine rings is 1. The molecule has 118 valence electrons. The van der Waals surface area contributed by atoms with E-state index in [1.165, 1.54) is 4.90 Å². The van der Waals surface area contributed by atoms with Crippen LogP contribution < -0.4 is 10.1 Å². The number of halogens is 4. The Morgan fingerprint density at radius 3 is 2.57 bits per heavy atom. The summed E-state index contributed by atoms with van der Waals surface area (Å²) in [5, 5.41) is 3.85. The third kappa shape index (κ3) is 4.97. The average Bonchev–Trinajstić information content (AvgIpc) is 2.41. The summed E-state index contributed by atoms with van der Waals surface area (Å²) >= 11 is 5.95. The zero-order valence-electron chi connectivity index (χ0n) is 11.7. The van der Waals surface area contributed by atoms with Gasteiger partial charge < -0.3 is 10.1 Å². The van der Waals surface area contributed by atoms with Crippen LogP contribution in [-0.4, -0.2) is 43.9 Å². The second-order valence-electron chi connectivity index (χ2n) is 5.16. The number of likely N-dealkylation sites (tertiary alicyclic amines) is 1. The first-order valence-electron chi connectivity index (χ1n) is 6.76. The smallest absolute Gasteiger partial charge is 0.401 e. The molecule has 1 N–H and O–H groups in total. The first kappa shape index (κ1) is 16.2. The summed E-state index contributed by atoms with van der Waals surface area (Å²) in [6.07, 6.45) is -2.76. The Hall–Kier alpha value is -1.14. The maximum absolute atomic E-state index is 12.3.